The summed E-state index contributed by atoms with van der Waals surface area (Å²) in [4.78, 5) is 0. The molecule has 282 valence electrons. The minimum absolute atomic E-state index is 0.129. The van der Waals surface area contributed by atoms with Crippen LogP contribution in [0.4, 0.5) is 0 Å². The molecule has 0 heterocycles. The quantitative estimate of drug-likeness (QED) is 0.205. The lowest BCUT2D eigenvalue weighted by molar-refractivity contribution is 0.569. The van der Waals surface area contributed by atoms with Crippen LogP contribution in [0, 0.1) is 0 Å². The van der Waals surface area contributed by atoms with E-state index in [9.17, 15) is 0 Å². The molecule has 1 aromatic rings. The average molecular weight is 1220 g/mol. The van der Waals surface area contributed by atoms with Crippen LogP contribution in [0.25, 0.3) is 0 Å². The highest BCUT2D eigenvalue weighted by atomic mass is 35.6. The minimum atomic E-state index is -2.93. The van der Waals surface area contributed by atoms with E-state index < -0.39 is 73.0 Å². The molecule has 0 amide bonds. The highest BCUT2D eigenvalue weighted by molar-refractivity contribution is 6.82. The van der Waals surface area contributed by atoms with Crippen molar-refractivity contribution < 1.29 is 0 Å². The smallest absolute Gasteiger partial charge is 0.0943 e. The van der Waals surface area contributed by atoms with Crippen LogP contribution in [0.15, 0.2) is 12.1 Å². The van der Waals surface area contributed by atoms with Crippen molar-refractivity contribution >= 4 is 313 Å². The molecule has 0 spiro atoms. The molecule has 0 aromatic heterocycles. The predicted molar refractivity (Wildman–Crippen MR) is 228 cm³/mol. The monoisotopic (exact) mass is 1210 g/mol. The summed E-state index contributed by atoms with van der Waals surface area (Å²) in [6.45, 7) is 3.09. The summed E-state index contributed by atoms with van der Waals surface area (Å²) >= 11 is 173. The highest BCUT2D eigenvalue weighted by Gasteiger charge is 2.73. The number of hydrogen-bond acceptors (Lipinski definition) is 0. The molecule has 0 saturated heterocycles. The zero-order valence-corrected chi connectivity index (χ0v) is 42.3. The van der Waals surface area contributed by atoms with Gasteiger partial charge in [-0.15, -0.1) is 0 Å². The van der Waals surface area contributed by atoms with Gasteiger partial charge in [-0.25, -0.2) is 0 Å². The molecule has 48 heavy (non-hydrogen) atoms. The topological polar surface area (TPSA) is 0 Å². The fraction of sp³-hybridized carbons (Fsp3) is 0.714. The zero-order chi connectivity index (χ0) is 39.3. The van der Waals surface area contributed by atoms with Gasteiger partial charge < -0.3 is 0 Å². The van der Waals surface area contributed by atoms with Crippen LogP contribution < -0.4 is 0 Å². The number of rotatable bonds is 10. The Balaban J connectivity index is 4.77. The van der Waals surface area contributed by atoms with Crippen LogP contribution in [0.1, 0.15) is 42.0 Å². The molecule has 0 bridgehead atoms. The average Bonchev–Trinajstić information content (AvgIpc) is 2.84. The Hall–Kier alpha value is 7.05. The summed E-state index contributed by atoms with van der Waals surface area (Å²) < 4.78 is -33.9. The largest absolute Gasteiger partial charge is 0.226 e. The molecular formula is C21H9Cl27. The van der Waals surface area contributed by atoms with Crippen molar-refractivity contribution in [1.29, 1.82) is 0 Å². The van der Waals surface area contributed by atoms with Gasteiger partial charge in [0.25, 0.3) is 0 Å². The molecule has 0 unspecified atom stereocenters. The van der Waals surface area contributed by atoms with Gasteiger partial charge in [0.2, 0.25) is 24.4 Å². The molecule has 0 N–H and O–H groups in total. The lowest BCUT2D eigenvalue weighted by Gasteiger charge is -2.48. The first-order valence-electron chi connectivity index (χ1n) is 11.2. The molecule has 0 saturated carbocycles. The lowest BCUT2D eigenvalue weighted by Crippen LogP contribution is -2.57. The summed E-state index contributed by atoms with van der Waals surface area (Å²) in [5.41, 5.74) is -1.58. The van der Waals surface area contributed by atoms with Gasteiger partial charge in [0.1, 0.15) is 0 Å². The predicted octanol–water partition coefficient (Wildman–Crippen LogP) is 18.9. The minimum Gasteiger partial charge on any atom is -0.0943 e. The van der Waals surface area contributed by atoms with Crippen LogP contribution >= 0.6 is 313 Å². The van der Waals surface area contributed by atoms with E-state index in [4.69, 9.17) is 313 Å². The Morgan fingerprint density at radius 1 is 0.333 bits per heavy atom. The molecule has 0 fully saturated rings. The third kappa shape index (κ3) is 9.05. The van der Waals surface area contributed by atoms with Gasteiger partial charge >= 0.3 is 0 Å². The lowest BCUT2D eigenvalue weighted by atomic mass is 9.83. The van der Waals surface area contributed by atoms with Crippen LogP contribution in [0.5, 0.6) is 0 Å². The Kier molecular flexibility index (Phi) is 18.2. The molecular weight excluding hydrogens is 1210 g/mol. The molecule has 0 aliphatic carbocycles. The second-order valence-corrected chi connectivity index (χ2v) is 28.6. The molecule has 27 heteroatoms. The van der Waals surface area contributed by atoms with Crippen LogP contribution in [-0.4, -0.2) is 37.4 Å². The van der Waals surface area contributed by atoms with E-state index in [1.807, 2.05) is 0 Å². The summed E-state index contributed by atoms with van der Waals surface area (Å²) in [6, 6.07) is 2.00. The molecule has 0 radical (unpaired) electrons. The van der Waals surface area contributed by atoms with Gasteiger partial charge in [-0.05, 0) is 40.3 Å². The van der Waals surface area contributed by atoms with Crippen molar-refractivity contribution in [2.75, 3.05) is 0 Å². The first-order valence-corrected chi connectivity index (χ1v) is 21.4. The Morgan fingerprint density at radius 3 is 0.729 bits per heavy atom. The number of hydrogen-bond donors (Lipinski definition) is 0. The Labute approximate surface area is 411 Å². The van der Waals surface area contributed by atoms with E-state index in [2.05, 4.69) is 0 Å². The SMILES string of the molecule is CC(C)c1c(C(Cl)(Cl)C(Cl)(Cl)C(Cl)(Cl)C(Cl)(Cl)Cl)cc(C(Cl)(Cl)C(Cl)(Cl)C(Cl)(Cl)C(Cl)(Cl)Cl)cc1C(Cl)(Cl)C(Cl)(Cl)C(Cl)(Cl)C(Cl)(Cl)Cl. The fourth-order valence-electron chi connectivity index (χ4n) is 3.62. The maximum atomic E-state index is 6.91. The van der Waals surface area contributed by atoms with E-state index in [1.54, 1.807) is 13.8 Å². The molecule has 0 atom stereocenters. The van der Waals surface area contributed by atoms with Crippen molar-refractivity contribution in [1.82, 2.24) is 0 Å². The van der Waals surface area contributed by atoms with Crippen molar-refractivity contribution in [3.05, 3.63) is 34.4 Å². The van der Waals surface area contributed by atoms with Crippen molar-refractivity contribution in [2.45, 2.75) is 70.1 Å². The van der Waals surface area contributed by atoms with Crippen LogP contribution in [0.3, 0.4) is 0 Å². The van der Waals surface area contributed by atoms with Crippen LogP contribution in [0.2, 0.25) is 0 Å². The standard InChI is InChI=1S/C21H9Cl27/c1-5(2)9-7(11(24,25)14(30,31)17(36,37)20(43,44)45)3-6(10(22,23)13(28,29)16(34,35)19(40,41)42)4-8(9)12(26,27)15(32,33)18(38,39)21(46,47)48/h3-5H,1-2H3. The Bertz CT molecular complexity index is 1260. The second kappa shape index (κ2) is 16.5. The fourth-order valence-corrected chi connectivity index (χ4v) is 10.4. The molecule has 0 aliphatic heterocycles. The zero-order valence-electron chi connectivity index (χ0n) is 21.9. The van der Waals surface area contributed by atoms with Gasteiger partial charge in [0.05, 0.1) is 0 Å². The number of halogens is 27. The molecule has 0 nitrogen and oxygen atoms in total. The van der Waals surface area contributed by atoms with Crippen molar-refractivity contribution in [3.8, 4) is 0 Å². The maximum absolute atomic E-state index is 6.91. The van der Waals surface area contributed by atoms with Crippen LogP contribution in [-0.2, 0) is 13.0 Å². The normalized spacial score (nSPS) is 16.2. The van der Waals surface area contributed by atoms with E-state index in [-0.39, 0.29) is 5.56 Å². The van der Waals surface area contributed by atoms with E-state index >= 15 is 0 Å². The molecule has 1 rings (SSSR count). The summed E-state index contributed by atoms with van der Waals surface area (Å²) in [6.07, 6.45) is 0. The molecule has 0 aliphatic rings. The third-order valence-corrected chi connectivity index (χ3v) is 22.6. The van der Waals surface area contributed by atoms with Gasteiger partial charge in [-0.2, -0.15) is 0 Å². The first kappa shape index (κ1) is 53.1. The first-order chi connectivity index (χ1) is 20.4. The van der Waals surface area contributed by atoms with Gasteiger partial charge in [-0.3, -0.25) is 0 Å². The van der Waals surface area contributed by atoms with Crippen molar-refractivity contribution in [3.63, 3.8) is 0 Å². The van der Waals surface area contributed by atoms with Gasteiger partial charge in [0, 0.05) is 0 Å². The van der Waals surface area contributed by atoms with Gasteiger partial charge in [0.15, 0.2) is 26.0 Å². The third-order valence-electron chi connectivity index (χ3n) is 6.23. The van der Waals surface area contributed by atoms with E-state index in [0.29, 0.717) is 0 Å². The Morgan fingerprint density at radius 2 is 0.542 bits per heavy atom. The van der Waals surface area contributed by atoms with E-state index in [0.717, 1.165) is 12.1 Å². The summed E-state index contributed by atoms with van der Waals surface area (Å²) in [5.74, 6) is -0.815. The molecule has 1 aromatic carbocycles. The highest BCUT2D eigenvalue weighted by Crippen LogP contribution is 2.71. The van der Waals surface area contributed by atoms with Gasteiger partial charge in [-0.1, -0.05) is 327 Å². The number of benzene rings is 1. The van der Waals surface area contributed by atoms with Crippen molar-refractivity contribution in [2.24, 2.45) is 0 Å². The second-order valence-electron chi connectivity index (χ2n) is 9.80. The summed E-state index contributed by atoms with van der Waals surface area (Å²) in [5, 5.41) is 0. The summed E-state index contributed by atoms with van der Waals surface area (Å²) in [7, 11) is 0. The number of alkyl halides is 27. The maximum Gasteiger partial charge on any atom is 0.226 e. The van der Waals surface area contributed by atoms with E-state index in [1.165, 1.54) is 0 Å².